The topological polar surface area (TPSA) is 108 Å². The number of carboxylic acid groups (broad SMARTS) is 1. The molecule has 7 heteroatoms. The number of benzene rings is 1. The highest BCUT2D eigenvalue weighted by molar-refractivity contribution is 5.90. The zero-order valence-electron chi connectivity index (χ0n) is 12.3. The zero-order valence-corrected chi connectivity index (χ0v) is 12.3. The SMILES string of the molecule is CCOc1ccc(NC(=O)NCC(C)(O)C(=O)O)c(C)c1. The highest BCUT2D eigenvalue weighted by Crippen LogP contribution is 2.21. The quantitative estimate of drug-likeness (QED) is 0.634. The Balaban J connectivity index is 2.61. The number of carboxylic acids is 1. The van der Waals surface area contributed by atoms with Gasteiger partial charge in [-0.25, -0.2) is 9.59 Å². The van der Waals surface area contributed by atoms with Crippen LogP contribution in [0.4, 0.5) is 10.5 Å². The number of hydrogen-bond donors (Lipinski definition) is 4. The second kappa shape index (κ2) is 6.94. The lowest BCUT2D eigenvalue weighted by Gasteiger charge is -2.19. The van der Waals surface area contributed by atoms with Crippen molar-refractivity contribution >= 4 is 17.7 Å². The molecule has 116 valence electrons. The van der Waals surface area contributed by atoms with Gasteiger partial charge in [0, 0.05) is 5.69 Å². The number of aryl methyl sites for hydroxylation is 1. The average Bonchev–Trinajstić information content (AvgIpc) is 2.40. The Hall–Kier alpha value is -2.28. The van der Waals surface area contributed by atoms with E-state index in [-0.39, 0.29) is 0 Å². The van der Waals surface area contributed by atoms with Crippen molar-refractivity contribution in [3.8, 4) is 5.75 Å². The molecule has 1 atom stereocenters. The van der Waals surface area contributed by atoms with Crippen molar-refractivity contribution < 1.29 is 24.5 Å². The maximum Gasteiger partial charge on any atom is 0.337 e. The summed E-state index contributed by atoms with van der Waals surface area (Å²) in [7, 11) is 0. The Morgan fingerprint density at radius 2 is 2.05 bits per heavy atom. The Bertz CT molecular complexity index is 528. The molecule has 7 nitrogen and oxygen atoms in total. The number of hydrogen-bond acceptors (Lipinski definition) is 4. The number of rotatable bonds is 6. The second-order valence-electron chi connectivity index (χ2n) is 4.80. The Labute approximate surface area is 122 Å². The first kappa shape index (κ1) is 16.8. The molecule has 4 N–H and O–H groups in total. The van der Waals surface area contributed by atoms with Gasteiger partial charge in [-0.3, -0.25) is 0 Å². The van der Waals surface area contributed by atoms with Gasteiger partial charge in [-0.1, -0.05) is 0 Å². The molecule has 1 aromatic carbocycles. The predicted octanol–water partition coefficient (Wildman–Crippen LogP) is 1.35. The molecule has 0 aliphatic carbocycles. The van der Waals surface area contributed by atoms with E-state index >= 15 is 0 Å². The summed E-state index contributed by atoms with van der Waals surface area (Å²) in [5.74, 6) is -0.699. The maximum absolute atomic E-state index is 11.7. The van der Waals surface area contributed by atoms with Gasteiger partial charge >= 0.3 is 12.0 Å². The number of ether oxygens (including phenoxy) is 1. The van der Waals surface area contributed by atoms with Crippen LogP contribution in [0.1, 0.15) is 19.4 Å². The molecule has 0 aliphatic rings. The van der Waals surface area contributed by atoms with Crippen molar-refractivity contribution in [1.29, 1.82) is 0 Å². The summed E-state index contributed by atoms with van der Waals surface area (Å²) < 4.78 is 5.34. The van der Waals surface area contributed by atoms with E-state index in [4.69, 9.17) is 9.84 Å². The molecule has 0 aromatic heterocycles. The average molecular weight is 296 g/mol. The monoisotopic (exact) mass is 296 g/mol. The lowest BCUT2D eigenvalue weighted by molar-refractivity contribution is -0.155. The van der Waals surface area contributed by atoms with Crippen molar-refractivity contribution in [3.63, 3.8) is 0 Å². The van der Waals surface area contributed by atoms with Crippen molar-refractivity contribution in [2.45, 2.75) is 26.4 Å². The fraction of sp³-hybridized carbons (Fsp3) is 0.429. The van der Waals surface area contributed by atoms with E-state index in [0.717, 1.165) is 12.5 Å². The van der Waals surface area contributed by atoms with E-state index in [1.165, 1.54) is 0 Å². The van der Waals surface area contributed by atoms with Crippen LogP contribution >= 0.6 is 0 Å². The van der Waals surface area contributed by atoms with Crippen LogP contribution in [0.25, 0.3) is 0 Å². The number of carbonyl (C=O) groups excluding carboxylic acids is 1. The molecule has 0 radical (unpaired) electrons. The minimum atomic E-state index is -2.01. The summed E-state index contributed by atoms with van der Waals surface area (Å²) >= 11 is 0. The van der Waals surface area contributed by atoms with Gasteiger partial charge in [-0.15, -0.1) is 0 Å². The van der Waals surface area contributed by atoms with Gasteiger partial charge in [-0.2, -0.15) is 0 Å². The summed E-state index contributed by atoms with van der Waals surface area (Å²) in [5, 5.41) is 23.1. The minimum Gasteiger partial charge on any atom is -0.494 e. The van der Waals surface area contributed by atoms with E-state index in [1.54, 1.807) is 18.2 Å². The first-order valence-electron chi connectivity index (χ1n) is 6.50. The van der Waals surface area contributed by atoms with E-state index in [9.17, 15) is 14.7 Å². The third-order valence-electron chi connectivity index (χ3n) is 2.81. The molecule has 0 aliphatic heterocycles. The Morgan fingerprint density at radius 3 is 2.57 bits per heavy atom. The largest absolute Gasteiger partial charge is 0.494 e. The standard InChI is InChI=1S/C14H20N2O5/c1-4-21-10-5-6-11(9(2)7-10)16-13(19)15-8-14(3,20)12(17)18/h5-7,20H,4,8H2,1-3H3,(H,17,18)(H2,15,16,19). The Kier molecular flexibility index (Phi) is 5.54. The second-order valence-corrected chi connectivity index (χ2v) is 4.80. The normalized spacial score (nSPS) is 13.1. The third kappa shape index (κ3) is 4.96. The lowest BCUT2D eigenvalue weighted by Crippen LogP contribution is -2.47. The van der Waals surface area contributed by atoms with E-state index < -0.39 is 24.1 Å². The van der Waals surface area contributed by atoms with Crippen molar-refractivity contribution in [3.05, 3.63) is 23.8 Å². The highest BCUT2D eigenvalue weighted by atomic mass is 16.5. The molecule has 21 heavy (non-hydrogen) atoms. The van der Waals surface area contributed by atoms with Gasteiger partial charge in [0.05, 0.1) is 13.2 Å². The van der Waals surface area contributed by atoms with Gasteiger partial charge in [-0.05, 0) is 44.5 Å². The van der Waals surface area contributed by atoms with Crippen LogP contribution in [0.5, 0.6) is 5.75 Å². The number of aliphatic carboxylic acids is 1. The molecular weight excluding hydrogens is 276 g/mol. The zero-order chi connectivity index (χ0) is 16.0. The number of urea groups is 1. The molecule has 0 spiro atoms. The fourth-order valence-corrected chi connectivity index (χ4v) is 1.53. The van der Waals surface area contributed by atoms with Gasteiger partial charge in [0.1, 0.15) is 5.75 Å². The van der Waals surface area contributed by atoms with Crippen LogP contribution in [0, 0.1) is 6.92 Å². The molecule has 0 saturated carbocycles. The molecule has 1 rings (SSSR count). The number of aliphatic hydroxyl groups is 1. The van der Waals surface area contributed by atoms with Crippen molar-refractivity contribution in [2.75, 3.05) is 18.5 Å². The van der Waals surface area contributed by atoms with Crippen LogP contribution in [0.2, 0.25) is 0 Å². The lowest BCUT2D eigenvalue weighted by atomic mass is 10.1. The van der Waals surface area contributed by atoms with Gasteiger partial charge < -0.3 is 25.6 Å². The summed E-state index contributed by atoms with van der Waals surface area (Å²) in [6.45, 7) is 4.95. The third-order valence-corrected chi connectivity index (χ3v) is 2.81. The van der Waals surface area contributed by atoms with E-state index in [2.05, 4.69) is 10.6 Å². The van der Waals surface area contributed by atoms with Crippen LogP contribution in [-0.2, 0) is 4.79 Å². The molecule has 0 saturated heterocycles. The molecule has 0 fully saturated rings. The summed E-state index contributed by atoms with van der Waals surface area (Å²) in [6.07, 6.45) is 0. The van der Waals surface area contributed by atoms with E-state index in [1.807, 2.05) is 13.8 Å². The van der Waals surface area contributed by atoms with Crippen LogP contribution in [-0.4, -0.2) is 41.0 Å². The molecular formula is C14H20N2O5. The minimum absolute atomic E-state index is 0.399. The van der Waals surface area contributed by atoms with Gasteiger partial charge in [0.2, 0.25) is 0 Å². The van der Waals surface area contributed by atoms with Crippen LogP contribution < -0.4 is 15.4 Å². The predicted molar refractivity (Wildman–Crippen MR) is 77.6 cm³/mol. The number of anilines is 1. The number of carbonyl (C=O) groups is 2. The first-order chi connectivity index (χ1) is 9.76. The summed E-state index contributed by atoms with van der Waals surface area (Å²) in [6, 6.07) is 4.60. The Morgan fingerprint density at radius 1 is 1.38 bits per heavy atom. The summed E-state index contributed by atoms with van der Waals surface area (Å²) in [5.41, 5.74) is -0.627. The maximum atomic E-state index is 11.7. The fourth-order valence-electron chi connectivity index (χ4n) is 1.53. The van der Waals surface area contributed by atoms with Crippen LogP contribution in [0.3, 0.4) is 0 Å². The van der Waals surface area contributed by atoms with E-state index in [0.29, 0.717) is 18.0 Å². The number of nitrogens with one attached hydrogen (secondary N) is 2. The van der Waals surface area contributed by atoms with Gasteiger partial charge in [0.15, 0.2) is 5.60 Å². The number of amides is 2. The van der Waals surface area contributed by atoms with Crippen LogP contribution in [0.15, 0.2) is 18.2 Å². The molecule has 1 aromatic rings. The molecule has 2 amide bonds. The molecule has 0 bridgehead atoms. The highest BCUT2D eigenvalue weighted by Gasteiger charge is 2.30. The molecule has 0 heterocycles. The van der Waals surface area contributed by atoms with Crippen molar-refractivity contribution in [2.24, 2.45) is 0 Å². The molecule has 1 unspecified atom stereocenters. The van der Waals surface area contributed by atoms with Crippen molar-refractivity contribution in [1.82, 2.24) is 5.32 Å². The van der Waals surface area contributed by atoms with Gasteiger partial charge in [0.25, 0.3) is 0 Å². The first-order valence-corrected chi connectivity index (χ1v) is 6.50. The smallest absolute Gasteiger partial charge is 0.337 e. The summed E-state index contributed by atoms with van der Waals surface area (Å²) in [4.78, 5) is 22.4.